The van der Waals surface area contributed by atoms with Crippen LogP contribution in [0.15, 0.2) is 48.7 Å². The Morgan fingerprint density at radius 1 is 0.917 bits per heavy atom. The molecule has 3 rings (SSSR count). The fourth-order valence-corrected chi connectivity index (χ4v) is 3.33. The van der Waals surface area contributed by atoms with Crippen LogP contribution in [-0.4, -0.2) is 19.1 Å². The van der Waals surface area contributed by atoms with Crippen molar-refractivity contribution in [1.29, 1.82) is 0 Å². The van der Waals surface area contributed by atoms with E-state index in [9.17, 15) is 0 Å². The van der Waals surface area contributed by atoms with E-state index >= 15 is 0 Å². The van der Waals surface area contributed by atoms with Crippen LogP contribution in [0.25, 0.3) is 10.9 Å². The molecule has 2 aromatic carbocycles. The van der Waals surface area contributed by atoms with Crippen molar-refractivity contribution in [2.45, 2.75) is 33.0 Å². The van der Waals surface area contributed by atoms with Gasteiger partial charge in [-0.25, -0.2) is 0 Å². The number of nitrogens with two attached hydrogens (primary N) is 1. The van der Waals surface area contributed by atoms with Gasteiger partial charge in [-0.3, -0.25) is 0 Å². The third kappa shape index (κ3) is 3.86. The number of hydrogen-bond donors (Lipinski definition) is 3. The van der Waals surface area contributed by atoms with E-state index in [-0.39, 0.29) is 0 Å². The van der Waals surface area contributed by atoms with Crippen molar-refractivity contribution in [3.05, 3.63) is 70.9 Å². The number of rotatable bonds is 7. The van der Waals surface area contributed by atoms with Crippen molar-refractivity contribution >= 4 is 10.9 Å². The number of benzene rings is 2. The summed E-state index contributed by atoms with van der Waals surface area (Å²) in [7, 11) is 4.37. The summed E-state index contributed by atoms with van der Waals surface area (Å²) in [5, 5.41) is 3.75. The standard InChI is InChI=1S/C21H27N3/c1-4-18-6-5-7-20-19(14-23-21(18)20)13-22-12-16-8-10-17(11-9-16)15-24(2)3/h5-11,14,22-23H,4,12-13,15H2,1-3H3/p+2. The second kappa shape index (κ2) is 7.65. The number of nitrogens with one attached hydrogen (secondary N) is 2. The number of hydrogen-bond acceptors (Lipinski definition) is 0. The Kier molecular flexibility index (Phi) is 5.34. The smallest absolute Gasteiger partial charge is 0.104 e. The Bertz CT molecular complexity index is 784. The van der Waals surface area contributed by atoms with Crippen molar-refractivity contribution in [3.8, 4) is 0 Å². The Hall–Kier alpha value is -2.10. The predicted molar refractivity (Wildman–Crippen MR) is 100.0 cm³/mol. The fraction of sp³-hybridized carbons (Fsp3) is 0.333. The number of aromatic nitrogens is 1. The zero-order chi connectivity index (χ0) is 16.9. The first-order valence-corrected chi connectivity index (χ1v) is 8.93. The molecule has 0 unspecified atom stereocenters. The second-order valence-corrected chi connectivity index (χ2v) is 6.90. The van der Waals surface area contributed by atoms with Crippen LogP contribution in [0.3, 0.4) is 0 Å². The average Bonchev–Trinajstić information content (AvgIpc) is 2.99. The molecular formula is C21H29N3+2. The number of para-hydroxylation sites is 1. The Balaban J connectivity index is 1.60. The first-order valence-electron chi connectivity index (χ1n) is 8.93. The summed E-state index contributed by atoms with van der Waals surface area (Å²) in [6.07, 6.45) is 3.24. The Labute approximate surface area is 144 Å². The number of aromatic amines is 1. The van der Waals surface area contributed by atoms with E-state index in [2.05, 4.69) is 80.0 Å². The summed E-state index contributed by atoms with van der Waals surface area (Å²) in [5.41, 5.74) is 6.90. The van der Waals surface area contributed by atoms with Crippen molar-refractivity contribution in [2.75, 3.05) is 14.1 Å². The van der Waals surface area contributed by atoms with Gasteiger partial charge in [-0.2, -0.15) is 0 Å². The van der Waals surface area contributed by atoms with Gasteiger partial charge in [-0.15, -0.1) is 0 Å². The van der Waals surface area contributed by atoms with Crippen LogP contribution in [0.5, 0.6) is 0 Å². The summed E-state index contributed by atoms with van der Waals surface area (Å²) >= 11 is 0. The number of aryl methyl sites for hydroxylation is 1. The first-order chi connectivity index (χ1) is 11.7. The predicted octanol–water partition coefficient (Wildman–Crippen LogP) is 1.64. The van der Waals surface area contributed by atoms with Crippen LogP contribution in [0.1, 0.15) is 29.2 Å². The Morgan fingerprint density at radius 3 is 2.38 bits per heavy atom. The van der Waals surface area contributed by atoms with Crippen LogP contribution in [0, 0.1) is 0 Å². The zero-order valence-electron chi connectivity index (χ0n) is 15.0. The minimum atomic E-state index is 1.01. The van der Waals surface area contributed by atoms with E-state index in [0.717, 1.165) is 26.1 Å². The molecule has 0 fully saturated rings. The van der Waals surface area contributed by atoms with Crippen LogP contribution in [-0.2, 0) is 26.1 Å². The summed E-state index contributed by atoms with van der Waals surface area (Å²) in [5.74, 6) is 0. The fourth-order valence-electron chi connectivity index (χ4n) is 3.33. The van der Waals surface area contributed by atoms with Crippen molar-refractivity contribution in [2.24, 2.45) is 0 Å². The van der Waals surface area contributed by atoms with Gasteiger partial charge < -0.3 is 15.2 Å². The third-order valence-corrected chi connectivity index (χ3v) is 4.59. The van der Waals surface area contributed by atoms with Gasteiger partial charge >= 0.3 is 0 Å². The van der Waals surface area contributed by atoms with Gasteiger partial charge in [0.15, 0.2) is 0 Å². The lowest BCUT2D eigenvalue weighted by molar-refractivity contribution is -0.872. The van der Waals surface area contributed by atoms with Crippen molar-refractivity contribution in [1.82, 2.24) is 4.98 Å². The van der Waals surface area contributed by atoms with Gasteiger partial charge in [-0.05, 0) is 12.0 Å². The maximum absolute atomic E-state index is 3.46. The molecule has 0 aliphatic heterocycles. The van der Waals surface area contributed by atoms with Gasteiger partial charge in [0, 0.05) is 33.8 Å². The second-order valence-electron chi connectivity index (χ2n) is 6.90. The molecule has 3 aromatic rings. The lowest BCUT2D eigenvalue weighted by atomic mass is 10.1. The Morgan fingerprint density at radius 2 is 1.67 bits per heavy atom. The molecular weight excluding hydrogens is 294 g/mol. The number of H-pyrrole nitrogens is 1. The molecule has 0 saturated heterocycles. The molecule has 1 heterocycles. The molecule has 3 nitrogen and oxygen atoms in total. The molecule has 3 heteroatoms. The summed E-state index contributed by atoms with van der Waals surface area (Å²) in [6, 6.07) is 15.7. The molecule has 0 amide bonds. The van der Waals surface area contributed by atoms with Crippen LogP contribution >= 0.6 is 0 Å². The minimum absolute atomic E-state index is 1.01. The quantitative estimate of drug-likeness (QED) is 0.591. The topological polar surface area (TPSA) is 36.8 Å². The highest BCUT2D eigenvalue weighted by Gasteiger charge is 2.08. The normalized spacial score (nSPS) is 11.5. The van der Waals surface area contributed by atoms with E-state index in [4.69, 9.17) is 0 Å². The number of fused-ring (bicyclic) bond motifs is 1. The lowest BCUT2D eigenvalue weighted by Gasteiger charge is -2.07. The molecule has 4 N–H and O–H groups in total. The van der Waals surface area contributed by atoms with E-state index in [1.54, 1.807) is 0 Å². The first kappa shape index (κ1) is 16.7. The molecule has 24 heavy (non-hydrogen) atoms. The van der Waals surface area contributed by atoms with E-state index in [0.29, 0.717) is 0 Å². The largest absolute Gasteiger partial charge is 0.360 e. The molecule has 0 saturated carbocycles. The van der Waals surface area contributed by atoms with Crippen LogP contribution in [0.2, 0.25) is 0 Å². The third-order valence-electron chi connectivity index (χ3n) is 4.59. The van der Waals surface area contributed by atoms with Gasteiger partial charge in [0.2, 0.25) is 0 Å². The average molecular weight is 323 g/mol. The molecule has 0 radical (unpaired) electrons. The van der Waals surface area contributed by atoms with Gasteiger partial charge in [0.1, 0.15) is 19.6 Å². The summed E-state index contributed by atoms with van der Waals surface area (Å²) in [6.45, 7) is 5.33. The van der Waals surface area contributed by atoms with Crippen LogP contribution in [0.4, 0.5) is 0 Å². The van der Waals surface area contributed by atoms with E-state index < -0.39 is 0 Å². The molecule has 126 valence electrons. The van der Waals surface area contributed by atoms with Gasteiger partial charge in [0.25, 0.3) is 0 Å². The molecule has 0 bridgehead atoms. The molecule has 0 atom stereocenters. The van der Waals surface area contributed by atoms with Gasteiger partial charge in [-0.1, -0.05) is 49.4 Å². The molecule has 0 spiro atoms. The molecule has 0 aliphatic carbocycles. The van der Waals surface area contributed by atoms with E-state index in [1.165, 1.54) is 38.1 Å². The molecule has 1 aromatic heterocycles. The van der Waals surface area contributed by atoms with E-state index in [1.807, 2.05) is 0 Å². The van der Waals surface area contributed by atoms with Crippen molar-refractivity contribution in [3.63, 3.8) is 0 Å². The highest BCUT2D eigenvalue weighted by molar-refractivity contribution is 5.85. The maximum atomic E-state index is 3.46. The van der Waals surface area contributed by atoms with Crippen LogP contribution < -0.4 is 10.2 Å². The monoisotopic (exact) mass is 323 g/mol. The molecule has 0 aliphatic rings. The van der Waals surface area contributed by atoms with Crippen molar-refractivity contribution < 1.29 is 10.2 Å². The highest BCUT2D eigenvalue weighted by Crippen LogP contribution is 2.21. The highest BCUT2D eigenvalue weighted by atomic mass is 15.0. The SMILES string of the molecule is CCc1cccc2c(C[NH2+]Cc3ccc(C[NH+](C)C)cc3)c[nH]c12. The minimum Gasteiger partial charge on any atom is -0.360 e. The summed E-state index contributed by atoms with van der Waals surface area (Å²) in [4.78, 5) is 4.92. The zero-order valence-corrected chi connectivity index (χ0v) is 15.0. The van der Waals surface area contributed by atoms with Gasteiger partial charge in [0.05, 0.1) is 14.1 Å². The maximum Gasteiger partial charge on any atom is 0.104 e. The number of quaternary nitrogens is 2. The lowest BCUT2D eigenvalue weighted by Crippen LogP contribution is -3.04. The summed E-state index contributed by atoms with van der Waals surface area (Å²) < 4.78 is 0.